The molecule has 2 aromatic carbocycles. The van der Waals surface area contributed by atoms with E-state index in [2.05, 4.69) is 32.0 Å². The third kappa shape index (κ3) is 3.51. The summed E-state index contributed by atoms with van der Waals surface area (Å²) in [7, 11) is 0. The Morgan fingerprint density at radius 1 is 1.05 bits per heavy atom. The highest BCUT2D eigenvalue weighted by Crippen LogP contribution is 2.22. The van der Waals surface area contributed by atoms with E-state index in [0.717, 1.165) is 16.9 Å². The smallest absolute Gasteiger partial charge is 0.164 e. The van der Waals surface area contributed by atoms with Crippen LogP contribution in [-0.4, -0.2) is 12.0 Å². The Labute approximate surface area is 125 Å². The van der Waals surface area contributed by atoms with Gasteiger partial charge in [0.05, 0.1) is 0 Å². The molecule has 0 fully saturated rings. The van der Waals surface area contributed by atoms with Gasteiger partial charge in [-0.15, -0.1) is 11.8 Å². The van der Waals surface area contributed by atoms with E-state index in [1.807, 2.05) is 30.5 Å². The van der Waals surface area contributed by atoms with Crippen molar-refractivity contribution < 1.29 is 4.79 Å². The number of Topliss-reactive ketones (excluding diaryl/α,β-unsaturated/α-hetero) is 1. The van der Waals surface area contributed by atoms with Crippen LogP contribution in [0.2, 0.25) is 0 Å². The Hall–Kier alpha value is -1.54. The minimum atomic E-state index is 0.230. The number of hydrogen-bond acceptors (Lipinski definition) is 2. The van der Waals surface area contributed by atoms with Crippen LogP contribution in [0.1, 0.15) is 33.5 Å². The molecule has 2 rings (SSSR count). The summed E-state index contributed by atoms with van der Waals surface area (Å²) in [5, 5.41) is 0. The highest BCUT2D eigenvalue weighted by molar-refractivity contribution is 7.98. The van der Waals surface area contributed by atoms with Gasteiger partial charge in [-0.25, -0.2) is 0 Å². The number of carbonyl (C=O) groups is 1. The van der Waals surface area contributed by atoms with Gasteiger partial charge in [-0.1, -0.05) is 36.4 Å². The first-order valence-electron chi connectivity index (χ1n) is 6.84. The van der Waals surface area contributed by atoms with E-state index < -0.39 is 0 Å². The average molecular weight is 284 g/mol. The summed E-state index contributed by atoms with van der Waals surface area (Å²) in [6, 6.07) is 14.3. The van der Waals surface area contributed by atoms with E-state index in [0.29, 0.717) is 6.42 Å². The van der Waals surface area contributed by atoms with Crippen LogP contribution in [-0.2, 0) is 6.42 Å². The first-order valence-corrected chi connectivity index (χ1v) is 8.06. The average Bonchev–Trinajstić information content (AvgIpc) is 2.48. The van der Waals surface area contributed by atoms with Crippen molar-refractivity contribution in [3.8, 4) is 0 Å². The van der Waals surface area contributed by atoms with Gasteiger partial charge in [-0.2, -0.15) is 0 Å². The van der Waals surface area contributed by atoms with Crippen LogP contribution in [0.5, 0.6) is 0 Å². The lowest BCUT2D eigenvalue weighted by atomic mass is 10.00. The molecule has 0 aliphatic carbocycles. The first kappa shape index (κ1) is 14.9. The number of rotatable bonds is 5. The lowest BCUT2D eigenvalue weighted by Gasteiger charge is -2.07. The summed E-state index contributed by atoms with van der Waals surface area (Å²) in [4.78, 5) is 13.4. The molecule has 2 aromatic rings. The Bertz CT molecular complexity index is 617. The van der Waals surface area contributed by atoms with Crippen LogP contribution in [0.15, 0.2) is 47.4 Å². The predicted octanol–water partition coefficient (Wildman–Crippen LogP) is 4.84. The lowest BCUT2D eigenvalue weighted by Crippen LogP contribution is -2.03. The SMILES string of the molecule is CSc1ccccc1C(=O)CCc1ccc(C)c(C)c1. The van der Waals surface area contributed by atoms with E-state index in [9.17, 15) is 4.79 Å². The van der Waals surface area contributed by atoms with Crippen molar-refractivity contribution in [2.24, 2.45) is 0 Å². The van der Waals surface area contributed by atoms with Gasteiger partial charge in [0, 0.05) is 16.9 Å². The number of ketones is 1. The molecule has 0 saturated heterocycles. The number of benzene rings is 2. The quantitative estimate of drug-likeness (QED) is 0.577. The van der Waals surface area contributed by atoms with Crippen molar-refractivity contribution in [3.05, 3.63) is 64.7 Å². The Kier molecular flexibility index (Phi) is 5.02. The third-order valence-corrected chi connectivity index (χ3v) is 4.42. The van der Waals surface area contributed by atoms with Gasteiger partial charge in [0.1, 0.15) is 0 Å². The summed E-state index contributed by atoms with van der Waals surface area (Å²) < 4.78 is 0. The fraction of sp³-hybridized carbons (Fsp3) is 0.278. The molecule has 104 valence electrons. The molecule has 20 heavy (non-hydrogen) atoms. The minimum absolute atomic E-state index is 0.230. The molecule has 0 unspecified atom stereocenters. The molecule has 0 heterocycles. The molecular weight excluding hydrogens is 264 g/mol. The van der Waals surface area contributed by atoms with E-state index in [1.165, 1.54) is 16.7 Å². The van der Waals surface area contributed by atoms with Crippen molar-refractivity contribution >= 4 is 17.5 Å². The highest BCUT2D eigenvalue weighted by atomic mass is 32.2. The monoisotopic (exact) mass is 284 g/mol. The van der Waals surface area contributed by atoms with Gasteiger partial charge >= 0.3 is 0 Å². The summed E-state index contributed by atoms with van der Waals surface area (Å²) in [6.45, 7) is 4.22. The predicted molar refractivity (Wildman–Crippen MR) is 86.8 cm³/mol. The summed E-state index contributed by atoms with van der Waals surface area (Å²) in [6.07, 6.45) is 3.39. The maximum Gasteiger partial charge on any atom is 0.164 e. The molecule has 0 aliphatic heterocycles. The maximum atomic E-state index is 12.3. The number of hydrogen-bond donors (Lipinski definition) is 0. The molecule has 0 N–H and O–H groups in total. The highest BCUT2D eigenvalue weighted by Gasteiger charge is 2.10. The van der Waals surface area contributed by atoms with Gasteiger partial charge in [-0.05, 0) is 49.3 Å². The topological polar surface area (TPSA) is 17.1 Å². The standard InChI is InChI=1S/C18H20OS/c1-13-8-9-15(12-14(13)2)10-11-17(19)16-6-4-5-7-18(16)20-3/h4-9,12H,10-11H2,1-3H3. The van der Waals surface area contributed by atoms with Crippen LogP contribution in [0.3, 0.4) is 0 Å². The van der Waals surface area contributed by atoms with Crippen LogP contribution in [0.25, 0.3) is 0 Å². The van der Waals surface area contributed by atoms with E-state index in [1.54, 1.807) is 11.8 Å². The zero-order chi connectivity index (χ0) is 14.5. The Morgan fingerprint density at radius 3 is 2.50 bits per heavy atom. The van der Waals surface area contributed by atoms with Crippen LogP contribution < -0.4 is 0 Å². The second kappa shape index (κ2) is 6.76. The molecule has 0 spiro atoms. The molecule has 2 heteroatoms. The molecule has 0 aliphatic rings. The molecule has 1 nitrogen and oxygen atoms in total. The molecule has 0 atom stereocenters. The summed E-state index contributed by atoms with van der Waals surface area (Å²) in [5.74, 6) is 0.230. The fourth-order valence-electron chi connectivity index (χ4n) is 2.23. The second-order valence-corrected chi connectivity index (χ2v) is 5.89. The zero-order valence-corrected chi connectivity index (χ0v) is 13.1. The van der Waals surface area contributed by atoms with Gasteiger partial charge in [-0.3, -0.25) is 4.79 Å². The molecular formula is C18H20OS. The van der Waals surface area contributed by atoms with Crippen LogP contribution in [0.4, 0.5) is 0 Å². The minimum Gasteiger partial charge on any atom is -0.294 e. The van der Waals surface area contributed by atoms with E-state index >= 15 is 0 Å². The first-order chi connectivity index (χ1) is 9.61. The van der Waals surface area contributed by atoms with Crippen molar-refractivity contribution in [2.75, 3.05) is 6.26 Å². The third-order valence-electron chi connectivity index (χ3n) is 3.62. The Morgan fingerprint density at radius 2 is 1.80 bits per heavy atom. The molecule has 0 radical (unpaired) electrons. The van der Waals surface area contributed by atoms with E-state index in [4.69, 9.17) is 0 Å². The number of carbonyl (C=O) groups excluding carboxylic acids is 1. The lowest BCUT2D eigenvalue weighted by molar-refractivity contribution is 0.0980. The van der Waals surface area contributed by atoms with Gasteiger partial charge in [0.2, 0.25) is 0 Å². The summed E-state index contributed by atoms with van der Waals surface area (Å²) in [5.41, 5.74) is 4.68. The van der Waals surface area contributed by atoms with Gasteiger partial charge in [0.15, 0.2) is 5.78 Å². The number of aryl methyl sites for hydroxylation is 3. The number of thioether (sulfide) groups is 1. The van der Waals surface area contributed by atoms with Crippen molar-refractivity contribution in [3.63, 3.8) is 0 Å². The molecule has 0 bridgehead atoms. The largest absolute Gasteiger partial charge is 0.294 e. The molecule has 0 saturated carbocycles. The van der Waals surface area contributed by atoms with Gasteiger partial charge < -0.3 is 0 Å². The second-order valence-electron chi connectivity index (χ2n) is 5.04. The summed E-state index contributed by atoms with van der Waals surface area (Å²) >= 11 is 1.63. The normalized spacial score (nSPS) is 10.6. The van der Waals surface area contributed by atoms with Crippen LogP contribution >= 0.6 is 11.8 Å². The molecule has 0 aromatic heterocycles. The van der Waals surface area contributed by atoms with Crippen molar-refractivity contribution in [1.82, 2.24) is 0 Å². The molecule has 0 amide bonds. The van der Waals surface area contributed by atoms with Crippen molar-refractivity contribution in [1.29, 1.82) is 0 Å². The van der Waals surface area contributed by atoms with Gasteiger partial charge in [0.25, 0.3) is 0 Å². The zero-order valence-electron chi connectivity index (χ0n) is 12.3. The maximum absolute atomic E-state index is 12.3. The van der Waals surface area contributed by atoms with Crippen LogP contribution in [0, 0.1) is 13.8 Å². The van der Waals surface area contributed by atoms with Crippen molar-refractivity contribution in [2.45, 2.75) is 31.6 Å². The van der Waals surface area contributed by atoms with E-state index in [-0.39, 0.29) is 5.78 Å². The fourth-order valence-corrected chi connectivity index (χ4v) is 2.84. The Balaban J connectivity index is 2.06.